The van der Waals surface area contributed by atoms with Crippen molar-refractivity contribution in [3.8, 4) is 5.75 Å². The lowest BCUT2D eigenvalue weighted by Gasteiger charge is -2.11. The van der Waals surface area contributed by atoms with Crippen LogP contribution in [-0.4, -0.2) is 36.4 Å². The molecule has 0 bridgehead atoms. The van der Waals surface area contributed by atoms with E-state index in [2.05, 4.69) is 15.8 Å². The molecule has 2 aromatic rings. The highest BCUT2D eigenvalue weighted by atomic mass is 35.5. The van der Waals surface area contributed by atoms with E-state index in [1.807, 2.05) is 0 Å². The number of hydrazine groups is 1. The molecule has 2 heterocycles. The number of carbonyl (C=O) groups excluding carboxylic acids is 3. The van der Waals surface area contributed by atoms with E-state index in [-0.39, 0.29) is 17.9 Å². The van der Waals surface area contributed by atoms with Crippen molar-refractivity contribution in [3.63, 3.8) is 0 Å². The van der Waals surface area contributed by atoms with E-state index in [1.54, 1.807) is 22.4 Å². The van der Waals surface area contributed by atoms with Gasteiger partial charge in [-0.15, -0.1) is 11.3 Å². The number of nitrogens with one attached hydrogen (secondary N) is 2. The maximum atomic E-state index is 12.2. The van der Waals surface area contributed by atoms with Crippen LogP contribution in [0.4, 0.5) is 5.13 Å². The third-order valence-electron chi connectivity index (χ3n) is 3.91. The standard InChI is InChI=1S/C17H17ClN4O4S/c1-26-13-5-4-10(18)7-12(13)16(25)21-20-14(23)8-11-9-27-17(19-11)22-6-2-3-15(22)24/h4-5,7,9H,2-3,6,8H2,1H3,(H,20,23)(H,21,25). The molecule has 3 rings (SSSR count). The average molecular weight is 409 g/mol. The smallest absolute Gasteiger partial charge is 0.273 e. The van der Waals surface area contributed by atoms with E-state index < -0.39 is 11.8 Å². The first kappa shape index (κ1) is 19.1. The zero-order valence-corrected chi connectivity index (χ0v) is 16.0. The Balaban J connectivity index is 1.56. The van der Waals surface area contributed by atoms with Crippen molar-refractivity contribution in [1.82, 2.24) is 15.8 Å². The molecule has 8 nitrogen and oxygen atoms in total. The van der Waals surface area contributed by atoms with Crippen molar-refractivity contribution >= 4 is 45.8 Å². The van der Waals surface area contributed by atoms with Gasteiger partial charge in [-0.1, -0.05) is 11.6 Å². The van der Waals surface area contributed by atoms with Crippen molar-refractivity contribution in [2.24, 2.45) is 0 Å². The molecule has 0 aliphatic carbocycles. The fourth-order valence-electron chi connectivity index (χ4n) is 2.61. The van der Waals surface area contributed by atoms with E-state index >= 15 is 0 Å². The van der Waals surface area contributed by atoms with Crippen LogP contribution in [0.3, 0.4) is 0 Å². The van der Waals surface area contributed by atoms with Gasteiger partial charge < -0.3 is 4.74 Å². The van der Waals surface area contributed by atoms with Gasteiger partial charge in [0.1, 0.15) is 5.75 Å². The van der Waals surface area contributed by atoms with E-state index in [0.29, 0.717) is 34.6 Å². The molecular formula is C17H17ClN4O4S. The first-order valence-corrected chi connectivity index (χ1v) is 9.41. The molecule has 27 heavy (non-hydrogen) atoms. The molecule has 1 aliphatic heterocycles. The average Bonchev–Trinajstić information content (AvgIpc) is 3.28. The molecular weight excluding hydrogens is 392 g/mol. The highest BCUT2D eigenvalue weighted by molar-refractivity contribution is 7.14. The number of halogens is 1. The fraction of sp³-hybridized carbons (Fsp3) is 0.294. The fourth-order valence-corrected chi connectivity index (χ4v) is 3.65. The second kappa shape index (κ2) is 8.36. The van der Waals surface area contributed by atoms with Crippen LogP contribution < -0.4 is 20.5 Å². The molecule has 1 fully saturated rings. The van der Waals surface area contributed by atoms with Gasteiger partial charge in [-0.05, 0) is 24.6 Å². The molecule has 10 heteroatoms. The Morgan fingerprint density at radius 1 is 1.37 bits per heavy atom. The number of thiazole rings is 1. The summed E-state index contributed by atoms with van der Waals surface area (Å²) < 4.78 is 5.11. The van der Waals surface area contributed by atoms with Gasteiger partial charge in [-0.3, -0.25) is 30.1 Å². The Hall–Kier alpha value is -2.65. The topological polar surface area (TPSA) is 101 Å². The monoisotopic (exact) mass is 408 g/mol. The van der Waals surface area contributed by atoms with Crippen LogP contribution in [0, 0.1) is 0 Å². The Labute approximate surface area is 164 Å². The van der Waals surface area contributed by atoms with Gasteiger partial charge in [-0.25, -0.2) is 4.98 Å². The Morgan fingerprint density at radius 3 is 2.89 bits per heavy atom. The zero-order valence-electron chi connectivity index (χ0n) is 14.5. The van der Waals surface area contributed by atoms with Crippen LogP contribution in [-0.2, 0) is 16.0 Å². The molecule has 1 saturated heterocycles. The Bertz CT molecular complexity index is 886. The van der Waals surface area contributed by atoms with Gasteiger partial charge in [0.15, 0.2) is 5.13 Å². The molecule has 1 aromatic carbocycles. The maximum Gasteiger partial charge on any atom is 0.273 e. The minimum absolute atomic E-state index is 0.0223. The minimum atomic E-state index is -0.552. The molecule has 1 aromatic heterocycles. The molecule has 0 spiro atoms. The predicted octanol–water partition coefficient (Wildman–Crippen LogP) is 1.94. The second-order valence-corrected chi connectivity index (χ2v) is 7.07. The van der Waals surface area contributed by atoms with Gasteiger partial charge in [0.05, 0.1) is 24.8 Å². The number of rotatable bonds is 5. The first-order valence-electron chi connectivity index (χ1n) is 8.15. The normalized spacial score (nSPS) is 13.6. The first-order chi connectivity index (χ1) is 13.0. The number of carbonyl (C=O) groups is 3. The van der Waals surface area contributed by atoms with Crippen molar-refractivity contribution in [3.05, 3.63) is 39.9 Å². The number of benzene rings is 1. The molecule has 0 atom stereocenters. The highest BCUT2D eigenvalue weighted by Crippen LogP contribution is 2.25. The van der Waals surface area contributed by atoms with Crippen molar-refractivity contribution in [1.29, 1.82) is 0 Å². The van der Waals surface area contributed by atoms with Crippen LogP contribution in [0.1, 0.15) is 28.9 Å². The quantitative estimate of drug-likeness (QED) is 0.736. The third kappa shape index (κ3) is 4.55. The van der Waals surface area contributed by atoms with E-state index in [9.17, 15) is 14.4 Å². The largest absolute Gasteiger partial charge is 0.496 e. The van der Waals surface area contributed by atoms with Crippen LogP contribution in [0.25, 0.3) is 0 Å². The number of methoxy groups -OCH3 is 1. The molecule has 1 aliphatic rings. The van der Waals surface area contributed by atoms with Crippen molar-refractivity contribution < 1.29 is 19.1 Å². The zero-order chi connectivity index (χ0) is 19.4. The summed E-state index contributed by atoms with van der Waals surface area (Å²) in [5, 5.41) is 2.69. The number of hydrogen-bond donors (Lipinski definition) is 2. The maximum absolute atomic E-state index is 12.2. The van der Waals surface area contributed by atoms with Crippen LogP contribution in [0.2, 0.25) is 5.02 Å². The summed E-state index contributed by atoms with van der Waals surface area (Å²) in [6.07, 6.45) is 1.31. The summed E-state index contributed by atoms with van der Waals surface area (Å²) in [7, 11) is 1.43. The SMILES string of the molecule is COc1ccc(Cl)cc1C(=O)NNC(=O)Cc1csc(N2CCCC2=O)n1. The van der Waals surface area contributed by atoms with Gasteiger partial charge in [-0.2, -0.15) is 0 Å². The molecule has 142 valence electrons. The number of amides is 3. The van der Waals surface area contributed by atoms with Crippen LogP contribution in [0.15, 0.2) is 23.6 Å². The summed E-state index contributed by atoms with van der Waals surface area (Å²) in [6, 6.07) is 4.61. The number of nitrogens with zero attached hydrogens (tertiary/aromatic N) is 2. The van der Waals surface area contributed by atoms with Crippen LogP contribution >= 0.6 is 22.9 Å². The van der Waals surface area contributed by atoms with Gasteiger partial charge >= 0.3 is 0 Å². The minimum Gasteiger partial charge on any atom is -0.496 e. The lowest BCUT2D eigenvalue weighted by Crippen LogP contribution is -2.42. The number of hydrogen-bond acceptors (Lipinski definition) is 6. The Morgan fingerprint density at radius 2 is 2.19 bits per heavy atom. The summed E-state index contributed by atoms with van der Waals surface area (Å²) in [4.78, 5) is 42.0. The highest BCUT2D eigenvalue weighted by Gasteiger charge is 2.24. The van der Waals surface area contributed by atoms with Gasteiger partial charge in [0, 0.05) is 23.4 Å². The summed E-state index contributed by atoms with van der Waals surface area (Å²) >= 11 is 7.21. The van der Waals surface area contributed by atoms with Crippen molar-refractivity contribution in [2.75, 3.05) is 18.6 Å². The second-order valence-electron chi connectivity index (χ2n) is 5.79. The van der Waals surface area contributed by atoms with Gasteiger partial charge in [0.2, 0.25) is 11.8 Å². The molecule has 2 N–H and O–H groups in total. The lowest BCUT2D eigenvalue weighted by atomic mass is 10.2. The molecule has 0 radical (unpaired) electrons. The summed E-state index contributed by atoms with van der Waals surface area (Å²) in [5.74, 6) is -0.605. The third-order valence-corrected chi connectivity index (χ3v) is 5.05. The molecule has 0 unspecified atom stereocenters. The summed E-state index contributed by atoms with van der Waals surface area (Å²) in [6.45, 7) is 0.648. The van der Waals surface area contributed by atoms with Crippen LogP contribution in [0.5, 0.6) is 5.75 Å². The van der Waals surface area contributed by atoms with E-state index in [1.165, 1.54) is 24.5 Å². The number of anilines is 1. The van der Waals surface area contributed by atoms with E-state index in [0.717, 1.165) is 6.42 Å². The van der Waals surface area contributed by atoms with E-state index in [4.69, 9.17) is 16.3 Å². The Kier molecular flexibility index (Phi) is 5.92. The van der Waals surface area contributed by atoms with Crippen molar-refractivity contribution in [2.45, 2.75) is 19.3 Å². The molecule has 3 amide bonds. The summed E-state index contributed by atoms with van der Waals surface area (Å²) in [5.41, 5.74) is 5.39. The number of aromatic nitrogens is 1. The lowest BCUT2D eigenvalue weighted by molar-refractivity contribution is -0.121. The predicted molar refractivity (Wildman–Crippen MR) is 101 cm³/mol. The van der Waals surface area contributed by atoms with Gasteiger partial charge in [0.25, 0.3) is 5.91 Å². The molecule has 0 saturated carbocycles. The number of ether oxygens (including phenoxy) is 1.